The summed E-state index contributed by atoms with van der Waals surface area (Å²) in [7, 11) is 0. The number of pyridine rings is 1. The number of nitrogens with zero attached hydrogens (tertiary/aromatic N) is 1. The third kappa shape index (κ3) is 2.39. The summed E-state index contributed by atoms with van der Waals surface area (Å²) < 4.78 is 5.49. The second kappa shape index (κ2) is 4.19. The molecule has 1 radical (unpaired) electrons. The molecule has 0 aliphatic carbocycles. The van der Waals surface area contributed by atoms with Crippen LogP contribution in [-0.4, -0.2) is 4.98 Å². The minimum atomic E-state index is 0.360. The molecule has 0 unspecified atom stereocenters. The van der Waals surface area contributed by atoms with Crippen LogP contribution in [0.3, 0.4) is 0 Å². The topological polar surface area (TPSA) is 45.9 Å². The zero-order chi connectivity index (χ0) is 10.7. The molecule has 0 saturated heterocycles. The normalized spacial score (nSPS) is 9.93. The van der Waals surface area contributed by atoms with Crippen molar-refractivity contribution >= 4 is 17.3 Å². The largest absolute Gasteiger partial charge is 0.454 e. The number of aromatic nitrogens is 1. The quantitative estimate of drug-likeness (QED) is 0.777. The molecule has 1 heterocycles. The van der Waals surface area contributed by atoms with Gasteiger partial charge >= 0.3 is 0 Å². The first-order chi connectivity index (χ1) is 7.25. The van der Waals surface area contributed by atoms with Crippen molar-refractivity contribution in [2.75, 3.05) is 0 Å². The smallest absolute Gasteiger partial charge is 0.146 e. The molecule has 2 rings (SSSR count). The number of ether oxygens (including phenoxy) is 1. The molecule has 1 aromatic heterocycles. The Labute approximate surface area is 92.5 Å². The van der Waals surface area contributed by atoms with Crippen LogP contribution >= 0.6 is 11.6 Å². The van der Waals surface area contributed by atoms with E-state index in [-0.39, 0.29) is 0 Å². The van der Waals surface area contributed by atoms with Crippen molar-refractivity contribution in [2.24, 2.45) is 0 Å². The second-order valence-electron chi connectivity index (χ2n) is 2.94. The van der Waals surface area contributed by atoms with Crippen LogP contribution in [0.25, 0.3) is 0 Å². The zero-order valence-electron chi connectivity index (χ0n) is 7.77. The van der Waals surface area contributed by atoms with Crippen molar-refractivity contribution in [3.63, 3.8) is 0 Å². The summed E-state index contributed by atoms with van der Waals surface area (Å²) in [6.07, 6.45) is 3.27. The van der Waals surface area contributed by atoms with E-state index in [4.69, 9.17) is 22.1 Å². The van der Waals surface area contributed by atoms with Gasteiger partial charge in [0.05, 0.1) is 16.9 Å². The van der Waals surface area contributed by atoms with Crippen LogP contribution in [0.4, 0.5) is 5.69 Å². The average Bonchev–Trinajstić information content (AvgIpc) is 2.24. The molecule has 75 valence electrons. The lowest BCUT2D eigenvalue weighted by Gasteiger charge is -2.06. The van der Waals surface area contributed by atoms with E-state index in [1.165, 1.54) is 6.07 Å². The van der Waals surface area contributed by atoms with Crippen molar-refractivity contribution in [3.05, 3.63) is 47.7 Å². The summed E-state index contributed by atoms with van der Waals surface area (Å²) in [6, 6.07) is 8.39. The predicted molar refractivity (Wildman–Crippen MR) is 58.5 cm³/mol. The fourth-order valence-electron chi connectivity index (χ4n) is 1.12. The molecule has 2 aromatic rings. The lowest BCUT2D eigenvalue weighted by molar-refractivity contribution is 0.480. The average molecular weight is 220 g/mol. The second-order valence-corrected chi connectivity index (χ2v) is 3.34. The molecule has 0 spiro atoms. The molecule has 0 aliphatic heterocycles. The molecule has 0 amide bonds. The Bertz CT molecular complexity index is 459. The lowest BCUT2D eigenvalue weighted by atomic mass is 10.3. The van der Waals surface area contributed by atoms with E-state index < -0.39 is 0 Å². The first-order valence-electron chi connectivity index (χ1n) is 4.35. The Kier molecular flexibility index (Phi) is 2.74. The van der Waals surface area contributed by atoms with Crippen LogP contribution in [0.2, 0.25) is 5.02 Å². The highest BCUT2D eigenvalue weighted by molar-refractivity contribution is 6.32. The molecule has 0 bridgehead atoms. The highest BCUT2D eigenvalue weighted by Gasteiger charge is 2.03. The van der Waals surface area contributed by atoms with Gasteiger partial charge in [-0.3, -0.25) is 4.98 Å². The Morgan fingerprint density at radius 3 is 2.80 bits per heavy atom. The van der Waals surface area contributed by atoms with Gasteiger partial charge in [0, 0.05) is 6.20 Å². The summed E-state index contributed by atoms with van der Waals surface area (Å²) in [6.45, 7) is 0. The predicted octanol–water partition coefficient (Wildman–Crippen LogP) is 3.44. The van der Waals surface area contributed by atoms with Gasteiger partial charge in [-0.1, -0.05) is 11.6 Å². The van der Waals surface area contributed by atoms with Gasteiger partial charge in [-0.15, -0.1) is 0 Å². The SMILES string of the molecule is [NH]c1ccc(Oc2cccnc2)c(Cl)c1. The zero-order valence-corrected chi connectivity index (χ0v) is 8.53. The van der Waals surface area contributed by atoms with Crippen molar-refractivity contribution in [2.45, 2.75) is 0 Å². The Morgan fingerprint density at radius 1 is 1.27 bits per heavy atom. The number of hydrogen-bond donors (Lipinski definition) is 0. The highest BCUT2D eigenvalue weighted by Crippen LogP contribution is 2.30. The van der Waals surface area contributed by atoms with Gasteiger partial charge < -0.3 is 10.5 Å². The van der Waals surface area contributed by atoms with Gasteiger partial charge in [0.15, 0.2) is 0 Å². The summed E-state index contributed by atoms with van der Waals surface area (Å²) in [5.41, 5.74) is 7.72. The van der Waals surface area contributed by atoms with E-state index in [0.717, 1.165) is 0 Å². The monoisotopic (exact) mass is 219 g/mol. The minimum absolute atomic E-state index is 0.360. The maximum absolute atomic E-state index is 7.36. The van der Waals surface area contributed by atoms with Crippen molar-refractivity contribution < 1.29 is 4.74 Å². The van der Waals surface area contributed by atoms with E-state index in [1.807, 2.05) is 0 Å². The van der Waals surface area contributed by atoms with Crippen LogP contribution in [0.5, 0.6) is 11.5 Å². The van der Waals surface area contributed by atoms with Crippen LogP contribution in [0.15, 0.2) is 42.7 Å². The third-order valence-corrected chi connectivity index (χ3v) is 2.09. The number of hydrogen-bond acceptors (Lipinski definition) is 2. The summed E-state index contributed by atoms with van der Waals surface area (Å²) in [4.78, 5) is 3.92. The van der Waals surface area contributed by atoms with Gasteiger partial charge in [0.1, 0.15) is 11.5 Å². The lowest BCUT2D eigenvalue weighted by Crippen LogP contribution is -1.85. The summed E-state index contributed by atoms with van der Waals surface area (Å²) in [5.74, 6) is 1.15. The summed E-state index contributed by atoms with van der Waals surface area (Å²) >= 11 is 5.91. The van der Waals surface area contributed by atoms with Crippen LogP contribution < -0.4 is 10.5 Å². The van der Waals surface area contributed by atoms with Crippen molar-refractivity contribution in [1.82, 2.24) is 10.7 Å². The molecule has 0 atom stereocenters. The molecular formula is C11H8ClN2O. The van der Waals surface area contributed by atoms with E-state index in [1.54, 1.807) is 36.7 Å². The number of halogens is 1. The van der Waals surface area contributed by atoms with Gasteiger partial charge in [0.2, 0.25) is 0 Å². The number of nitrogens with one attached hydrogen (secondary N) is 1. The molecule has 15 heavy (non-hydrogen) atoms. The van der Waals surface area contributed by atoms with Gasteiger partial charge in [0.25, 0.3) is 0 Å². The van der Waals surface area contributed by atoms with Crippen LogP contribution in [0, 0.1) is 0 Å². The summed E-state index contributed by atoms with van der Waals surface area (Å²) in [5, 5.41) is 0.423. The maximum Gasteiger partial charge on any atom is 0.146 e. The third-order valence-electron chi connectivity index (χ3n) is 1.79. The van der Waals surface area contributed by atoms with Gasteiger partial charge in [-0.05, 0) is 30.3 Å². The van der Waals surface area contributed by atoms with Gasteiger partial charge in [-0.25, -0.2) is 0 Å². The molecule has 3 nitrogen and oxygen atoms in total. The molecule has 0 saturated carbocycles. The van der Waals surface area contributed by atoms with Crippen LogP contribution in [-0.2, 0) is 0 Å². The minimum Gasteiger partial charge on any atom is -0.454 e. The Hall–Kier alpha value is -1.74. The Balaban J connectivity index is 2.25. The van der Waals surface area contributed by atoms with Crippen LogP contribution in [0.1, 0.15) is 0 Å². The number of benzene rings is 1. The molecule has 0 fully saturated rings. The molecule has 1 N–H and O–H groups in total. The van der Waals surface area contributed by atoms with Gasteiger partial charge in [-0.2, -0.15) is 0 Å². The molecule has 0 aliphatic rings. The van der Waals surface area contributed by atoms with E-state index >= 15 is 0 Å². The van der Waals surface area contributed by atoms with E-state index in [0.29, 0.717) is 22.2 Å². The van der Waals surface area contributed by atoms with Crippen molar-refractivity contribution in [3.8, 4) is 11.5 Å². The van der Waals surface area contributed by atoms with E-state index in [9.17, 15) is 0 Å². The molecule has 4 heteroatoms. The molecule has 1 aromatic carbocycles. The first-order valence-corrected chi connectivity index (χ1v) is 4.72. The highest BCUT2D eigenvalue weighted by atomic mass is 35.5. The maximum atomic E-state index is 7.36. The standard InChI is InChI=1S/C11H8ClN2O/c12-10-6-8(13)3-4-11(10)15-9-2-1-5-14-7-9/h1-7,13H. The Morgan fingerprint density at radius 2 is 2.13 bits per heavy atom. The fourth-order valence-corrected chi connectivity index (χ4v) is 1.34. The molecular weight excluding hydrogens is 212 g/mol. The van der Waals surface area contributed by atoms with Crippen molar-refractivity contribution in [1.29, 1.82) is 0 Å². The first kappa shape index (κ1) is 9.80. The van der Waals surface area contributed by atoms with E-state index in [2.05, 4.69) is 4.98 Å². The fraction of sp³-hybridized carbons (Fsp3) is 0. The number of rotatable bonds is 2.